The van der Waals surface area contributed by atoms with Gasteiger partial charge in [-0.2, -0.15) is 0 Å². The molecule has 7 heteroatoms. The zero-order valence-corrected chi connectivity index (χ0v) is 11.4. The Kier molecular flexibility index (Phi) is 5.38. The molecule has 110 valence electrons. The van der Waals surface area contributed by atoms with Crippen LogP contribution in [0.25, 0.3) is 0 Å². The number of piperidine rings is 1. The van der Waals surface area contributed by atoms with Crippen molar-refractivity contribution >= 4 is 17.9 Å². The van der Waals surface area contributed by atoms with E-state index in [0.29, 0.717) is 12.8 Å². The molecule has 1 saturated heterocycles. The maximum atomic E-state index is 12.3. The Morgan fingerprint density at radius 3 is 2.60 bits per heavy atom. The van der Waals surface area contributed by atoms with Crippen molar-refractivity contribution < 1.29 is 19.5 Å². The van der Waals surface area contributed by atoms with Crippen LogP contribution in [0.5, 0.6) is 0 Å². The van der Waals surface area contributed by atoms with Crippen LogP contribution in [-0.2, 0) is 9.59 Å². The Morgan fingerprint density at radius 1 is 1.45 bits per heavy atom. The molecule has 1 heterocycles. The third-order valence-electron chi connectivity index (χ3n) is 3.41. The van der Waals surface area contributed by atoms with Crippen LogP contribution in [0.1, 0.15) is 19.8 Å². The number of likely N-dealkylation sites (tertiary alicyclic amines) is 1. The number of terminal acetylenes is 1. The highest BCUT2D eigenvalue weighted by Gasteiger charge is 2.34. The maximum absolute atomic E-state index is 12.3. The molecule has 3 amide bonds. The van der Waals surface area contributed by atoms with Gasteiger partial charge >= 0.3 is 12.0 Å². The van der Waals surface area contributed by atoms with Gasteiger partial charge < -0.3 is 20.6 Å². The molecule has 20 heavy (non-hydrogen) atoms. The molecular formula is C13H19N3O4. The fraction of sp³-hybridized carbons (Fsp3) is 0.615. The van der Waals surface area contributed by atoms with Crippen molar-refractivity contribution in [3.8, 4) is 12.3 Å². The first-order chi connectivity index (χ1) is 9.36. The van der Waals surface area contributed by atoms with Crippen molar-refractivity contribution in [3.05, 3.63) is 0 Å². The van der Waals surface area contributed by atoms with Gasteiger partial charge in [0.05, 0.1) is 12.5 Å². The Balaban J connectivity index is 2.82. The minimum Gasteiger partial charge on any atom is -0.480 e. The zero-order chi connectivity index (χ0) is 15.3. The van der Waals surface area contributed by atoms with Gasteiger partial charge in [0.2, 0.25) is 5.91 Å². The second kappa shape index (κ2) is 6.80. The van der Waals surface area contributed by atoms with E-state index in [2.05, 4.69) is 5.92 Å². The van der Waals surface area contributed by atoms with Crippen molar-refractivity contribution in [3.63, 3.8) is 0 Å². The fourth-order valence-electron chi connectivity index (χ4n) is 2.25. The predicted octanol–water partition coefficient (Wildman–Crippen LogP) is -0.288. The number of nitrogens with zero attached hydrogens (tertiary/aromatic N) is 2. The van der Waals surface area contributed by atoms with Crippen LogP contribution < -0.4 is 5.73 Å². The highest BCUT2D eigenvalue weighted by Crippen LogP contribution is 2.22. The molecule has 2 unspecified atom stereocenters. The van der Waals surface area contributed by atoms with Crippen LogP contribution in [0, 0.1) is 18.3 Å². The Bertz CT molecular complexity index is 443. The highest BCUT2D eigenvalue weighted by atomic mass is 16.4. The van der Waals surface area contributed by atoms with Crippen LogP contribution in [0.3, 0.4) is 0 Å². The summed E-state index contributed by atoms with van der Waals surface area (Å²) in [6, 6.07) is -0.545. The summed E-state index contributed by atoms with van der Waals surface area (Å²) in [5.41, 5.74) is 5.27. The molecule has 0 aromatic heterocycles. The van der Waals surface area contributed by atoms with E-state index in [9.17, 15) is 14.4 Å². The van der Waals surface area contributed by atoms with E-state index in [1.165, 1.54) is 4.90 Å². The minimum atomic E-state index is -1.13. The number of amides is 3. The molecule has 0 spiro atoms. The number of carbonyl (C=O) groups excluding carboxylic acids is 2. The number of rotatable bonds is 4. The number of carboxylic acid groups (broad SMARTS) is 1. The number of hydrogen-bond acceptors (Lipinski definition) is 3. The van der Waals surface area contributed by atoms with Gasteiger partial charge in [0, 0.05) is 12.6 Å². The molecule has 0 aromatic rings. The second-order valence-corrected chi connectivity index (χ2v) is 4.91. The topological polar surface area (TPSA) is 104 Å². The lowest BCUT2D eigenvalue weighted by atomic mass is 9.93. The molecule has 2 atom stereocenters. The molecule has 1 aliphatic heterocycles. The summed E-state index contributed by atoms with van der Waals surface area (Å²) in [6.07, 6.45) is 6.44. The van der Waals surface area contributed by atoms with Crippen molar-refractivity contribution in [2.45, 2.75) is 25.8 Å². The molecular weight excluding hydrogens is 262 g/mol. The lowest BCUT2D eigenvalue weighted by Gasteiger charge is -2.39. The SMILES string of the molecule is C#CCN(CC(=O)O)C(=O)N1CC(C(N)=O)CCC1C. The average molecular weight is 281 g/mol. The molecule has 7 nitrogen and oxygen atoms in total. The quantitative estimate of drug-likeness (QED) is 0.691. The van der Waals surface area contributed by atoms with E-state index in [-0.39, 0.29) is 19.1 Å². The lowest BCUT2D eigenvalue weighted by Crippen LogP contribution is -2.54. The molecule has 0 saturated carbocycles. The number of carbonyl (C=O) groups is 3. The summed E-state index contributed by atoms with van der Waals surface area (Å²) in [6.45, 7) is 1.50. The van der Waals surface area contributed by atoms with Crippen LogP contribution in [0.15, 0.2) is 0 Å². The van der Waals surface area contributed by atoms with Crippen LogP contribution in [0.4, 0.5) is 4.79 Å². The smallest absolute Gasteiger partial charge is 0.323 e. The van der Waals surface area contributed by atoms with Gasteiger partial charge in [-0.15, -0.1) is 6.42 Å². The van der Waals surface area contributed by atoms with Crippen molar-refractivity contribution in [1.82, 2.24) is 9.80 Å². The van der Waals surface area contributed by atoms with Gasteiger partial charge in [-0.3, -0.25) is 9.59 Å². The molecule has 0 bridgehead atoms. The largest absolute Gasteiger partial charge is 0.480 e. The van der Waals surface area contributed by atoms with E-state index in [4.69, 9.17) is 17.3 Å². The number of nitrogens with two attached hydrogens (primary N) is 1. The summed E-state index contributed by atoms with van der Waals surface area (Å²) in [5, 5.41) is 8.81. The molecule has 0 aliphatic carbocycles. The predicted molar refractivity (Wildman–Crippen MR) is 71.5 cm³/mol. The van der Waals surface area contributed by atoms with Crippen molar-refractivity contribution in [1.29, 1.82) is 0 Å². The first-order valence-electron chi connectivity index (χ1n) is 6.37. The Morgan fingerprint density at radius 2 is 2.10 bits per heavy atom. The fourth-order valence-corrected chi connectivity index (χ4v) is 2.25. The second-order valence-electron chi connectivity index (χ2n) is 4.91. The van der Waals surface area contributed by atoms with Gasteiger partial charge in [-0.05, 0) is 19.8 Å². The van der Waals surface area contributed by atoms with E-state index >= 15 is 0 Å². The minimum absolute atomic E-state index is 0.0767. The maximum Gasteiger partial charge on any atom is 0.323 e. The molecule has 3 N–H and O–H groups in total. The van der Waals surface area contributed by atoms with Gasteiger partial charge in [0.15, 0.2) is 0 Å². The molecule has 0 radical (unpaired) electrons. The number of carboxylic acids is 1. The third-order valence-corrected chi connectivity index (χ3v) is 3.41. The lowest BCUT2D eigenvalue weighted by molar-refractivity contribution is -0.137. The molecule has 1 rings (SSSR count). The highest BCUT2D eigenvalue weighted by molar-refractivity contribution is 5.82. The number of urea groups is 1. The normalized spacial score (nSPS) is 21.9. The summed E-state index contributed by atoms with van der Waals surface area (Å²) < 4.78 is 0. The summed E-state index contributed by atoms with van der Waals surface area (Å²) in [7, 11) is 0. The summed E-state index contributed by atoms with van der Waals surface area (Å²) in [5.74, 6) is 0.287. The Labute approximate surface area is 117 Å². The van der Waals surface area contributed by atoms with E-state index in [1.807, 2.05) is 6.92 Å². The third kappa shape index (κ3) is 3.88. The molecule has 1 aliphatic rings. The zero-order valence-electron chi connectivity index (χ0n) is 11.4. The van der Waals surface area contributed by atoms with Gasteiger partial charge in [-0.1, -0.05) is 5.92 Å². The van der Waals surface area contributed by atoms with E-state index < -0.39 is 30.4 Å². The van der Waals surface area contributed by atoms with Crippen molar-refractivity contribution in [2.24, 2.45) is 11.7 Å². The van der Waals surface area contributed by atoms with Gasteiger partial charge in [0.25, 0.3) is 0 Å². The number of hydrogen-bond donors (Lipinski definition) is 2. The van der Waals surface area contributed by atoms with Crippen LogP contribution >= 0.6 is 0 Å². The number of aliphatic carboxylic acids is 1. The Hall–Kier alpha value is -2.23. The molecule has 0 aromatic carbocycles. The molecule has 1 fully saturated rings. The van der Waals surface area contributed by atoms with E-state index in [0.717, 1.165) is 4.90 Å². The van der Waals surface area contributed by atoms with Gasteiger partial charge in [0.1, 0.15) is 6.54 Å². The van der Waals surface area contributed by atoms with Gasteiger partial charge in [-0.25, -0.2) is 4.79 Å². The van der Waals surface area contributed by atoms with Crippen LogP contribution in [-0.4, -0.2) is 58.5 Å². The average Bonchev–Trinajstić information content (AvgIpc) is 2.37. The number of primary amides is 1. The van der Waals surface area contributed by atoms with E-state index in [1.54, 1.807) is 0 Å². The standard InChI is InChI=1S/C13H19N3O4/c1-3-6-15(8-11(17)18)13(20)16-7-10(12(14)19)5-4-9(16)2/h1,9-10H,4-8H2,2H3,(H2,14,19)(H,17,18). The first kappa shape index (κ1) is 15.8. The first-order valence-corrected chi connectivity index (χ1v) is 6.37. The summed E-state index contributed by atoms with van der Waals surface area (Å²) in [4.78, 5) is 36.9. The van der Waals surface area contributed by atoms with Crippen LogP contribution in [0.2, 0.25) is 0 Å². The van der Waals surface area contributed by atoms with Crippen molar-refractivity contribution in [2.75, 3.05) is 19.6 Å². The summed E-state index contributed by atoms with van der Waals surface area (Å²) >= 11 is 0. The monoisotopic (exact) mass is 281 g/mol.